The quantitative estimate of drug-likeness (QED) is 0.453. The molecule has 0 bridgehead atoms. The zero-order valence-electron chi connectivity index (χ0n) is 19.4. The Labute approximate surface area is 206 Å². The van der Waals surface area contributed by atoms with E-state index in [0.717, 1.165) is 30.7 Å². The SMILES string of the molecule is COC1CN(c2cc(Nc3cc(C)[nH]n3)nc(N[C@H]3CCN(C(=O)c4ccc(Cl)cc4F)C3)n2)C1. The number of benzene rings is 1. The molecule has 1 amide bonds. The third-order valence-corrected chi connectivity index (χ3v) is 6.39. The van der Waals surface area contributed by atoms with Crippen LogP contribution in [-0.2, 0) is 4.74 Å². The highest BCUT2D eigenvalue weighted by Crippen LogP contribution is 2.27. The van der Waals surface area contributed by atoms with Crippen LogP contribution in [-0.4, -0.2) is 76.4 Å². The Morgan fingerprint density at radius 2 is 2.03 bits per heavy atom. The van der Waals surface area contributed by atoms with Gasteiger partial charge < -0.3 is 25.2 Å². The van der Waals surface area contributed by atoms with Crippen LogP contribution in [0.1, 0.15) is 22.5 Å². The Morgan fingerprint density at radius 3 is 2.74 bits per heavy atom. The molecule has 1 aromatic carbocycles. The number of H-pyrrole nitrogens is 1. The van der Waals surface area contributed by atoms with Crippen LogP contribution in [0, 0.1) is 12.7 Å². The molecule has 2 aliphatic heterocycles. The molecule has 1 atom stereocenters. The molecular formula is C23H26ClFN8O2. The van der Waals surface area contributed by atoms with E-state index in [1.807, 2.05) is 19.1 Å². The molecule has 12 heteroatoms. The first-order chi connectivity index (χ1) is 16.9. The van der Waals surface area contributed by atoms with Gasteiger partial charge in [-0.3, -0.25) is 9.89 Å². The fourth-order valence-electron chi connectivity index (χ4n) is 4.19. The highest BCUT2D eigenvalue weighted by atomic mass is 35.5. The van der Waals surface area contributed by atoms with Crippen molar-refractivity contribution in [1.82, 2.24) is 25.1 Å². The van der Waals surface area contributed by atoms with Crippen molar-refractivity contribution in [2.45, 2.75) is 25.5 Å². The van der Waals surface area contributed by atoms with Gasteiger partial charge in [-0.1, -0.05) is 11.6 Å². The van der Waals surface area contributed by atoms with Crippen molar-refractivity contribution in [2.24, 2.45) is 0 Å². The molecule has 5 rings (SSSR count). The van der Waals surface area contributed by atoms with Crippen LogP contribution in [0.4, 0.5) is 27.8 Å². The number of ether oxygens (including phenoxy) is 1. The van der Waals surface area contributed by atoms with E-state index in [-0.39, 0.29) is 28.6 Å². The monoisotopic (exact) mass is 500 g/mol. The number of hydrogen-bond acceptors (Lipinski definition) is 8. The van der Waals surface area contributed by atoms with Crippen molar-refractivity contribution in [3.63, 3.8) is 0 Å². The maximum atomic E-state index is 14.2. The van der Waals surface area contributed by atoms with Crippen molar-refractivity contribution in [2.75, 3.05) is 48.8 Å². The van der Waals surface area contributed by atoms with E-state index in [4.69, 9.17) is 16.3 Å². The number of carbonyl (C=O) groups is 1. The predicted octanol–water partition coefficient (Wildman–Crippen LogP) is 3.21. The van der Waals surface area contributed by atoms with E-state index in [1.165, 1.54) is 12.1 Å². The van der Waals surface area contributed by atoms with Gasteiger partial charge in [-0.15, -0.1) is 0 Å². The van der Waals surface area contributed by atoms with E-state index in [0.29, 0.717) is 37.1 Å². The minimum atomic E-state index is -0.622. The summed E-state index contributed by atoms with van der Waals surface area (Å²) in [7, 11) is 1.70. The lowest BCUT2D eigenvalue weighted by molar-refractivity contribution is 0.0782. The molecule has 2 fully saturated rings. The first kappa shape index (κ1) is 23.3. The summed E-state index contributed by atoms with van der Waals surface area (Å²) >= 11 is 5.82. The Hall–Kier alpha value is -3.44. The number of aromatic nitrogens is 4. The molecule has 35 heavy (non-hydrogen) atoms. The number of nitrogens with zero attached hydrogens (tertiary/aromatic N) is 5. The largest absolute Gasteiger partial charge is 0.378 e. The second-order valence-corrected chi connectivity index (χ2v) is 9.20. The van der Waals surface area contributed by atoms with Gasteiger partial charge in [0, 0.05) is 62.2 Å². The van der Waals surface area contributed by atoms with Crippen molar-refractivity contribution in [1.29, 1.82) is 0 Å². The highest BCUT2D eigenvalue weighted by molar-refractivity contribution is 6.30. The number of anilines is 4. The topological polar surface area (TPSA) is 111 Å². The summed E-state index contributed by atoms with van der Waals surface area (Å²) in [5, 5.41) is 13.9. The van der Waals surface area contributed by atoms with Gasteiger partial charge in [0.05, 0.1) is 11.7 Å². The number of aryl methyl sites for hydroxylation is 1. The number of methoxy groups -OCH3 is 1. The Balaban J connectivity index is 1.30. The van der Waals surface area contributed by atoms with Crippen LogP contribution >= 0.6 is 11.6 Å². The molecule has 10 nitrogen and oxygen atoms in total. The normalized spacial score (nSPS) is 18.0. The molecule has 2 aliphatic rings. The van der Waals surface area contributed by atoms with E-state index < -0.39 is 5.82 Å². The number of nitrogens with one attached hydrogen (secondary N) is 3. The van der Waals surface area contributed by atoms with Gasteiger partial charge >= 0.3 is 0 Å². The van der Waals surface area contributed by atoms with Crippen LogP contribution in [0.25, 0.3) is 0 Å². The van der Waals surface area contributed by atoms with Crippen LogP contribution in [0.15, 0.2) is 30.3 Å². The van der Waals surface area contributed by atoms with Crippen molar-refractivity contribution in [3.05, 3.63) is 52.4 Å². The third-order valence-electron chi connectivity index (χ3n) is 6.15. The fraction of sp³-hybridized carbons (Fsp3) is 0.391. The summed E-state index contributed by atoms with van der Waals surface area (Å²) < 4.78 is 19.6. The number of aromatic amines is 1. The van der Waals surface area contributed by atoms with Crippen molar-refractivity contribution in [3.8, 4) is 0 Å². The third kappa shape index (κ3) is 5.15. The average molecular weight is 501 g/mol. The lowest BCUT2D eigenvalue weighted by atomic mass is 10.1. The van der Waals surface area contributed by atoms with Gasteiger partial charge in [0.1, 0.15) is 17.5 Å². The molecule has 2 aromatic heterocycles. The van der Waals surface area contributed by atoms with E-state index >= 15 is 0 Å². The summed E-state index contributed by atoms with van der Waals surface area (Å²) in [4.78, 5) is 25.9. The van der Waals surface area contributed by atoms with Gasteiger partial charge in [-0.2, -0.15) is 15.1 Å². The zero-order valence-corrected chi connectivity index (χ0v) is 20.1. The van der Waals surface area contributed by atoms with Crippen molar-refractivity contribution < 1.29 is 13.9 Å². The average Bonchev–Trinajstić information content (AvgIpc) is 3.41. The summed E-state index contributed by atoms with van der Waals surface area (Å²) in [6.07, 6.45) is 0.861. The molecule has 0 radical (unpaired) electrons. The van der Waals surface area contributed by atoms with Gasteiger partial charge in [0.15, 0.2) is 5.82 Å². The number of hydrogen-bond donors (Lipinski definition) is 3. The predicted molar refractivity (Wildman–Crippen MR) is 131 cm³/mol. The number of likely N-dealkylation sites (tertiary alicyclic amines) is 1. The fourth-order valence-corrected chi connectivity index (χ4v) is 4.35. The van der Waals surface area contributed by atoms with Crippen LogP contribution in [0.5, 0.6) is 0 Å². The smallest absolute Gasteiger partial charge is 0.256 e. The van der Waals surface area contributed by atoms with Gasteiger partial charge in [0.2, 0.25) is 5.95 Å². The molecule has 3 N–H and O–H groups in total. The van der Waals surface area contributed by atoms with E-state index in [9.17, 15) is 9.18 Å². The minimum Gasteiger partial charge on any atom is -0.378 e. The summed E-state index contributed by atoms with van der Waals surface area (Å²) in [5.74, 6) is 1.47. The Morgan fingerprint density at radius 1 is 1.20 bits per heavy atom. The highest BCUT2D eigenvalue weighted by Gasteiger charge is 2.31. The molecule has 184 valence electrons. The van der Waals surface area contributed by atoms with Gasteiger partial charge in [-0.25, -0.2) is 4.39 Å². The number of halogens is 2. The summed E-state index contributed by atoms with van der Waals surface area (Å²) in [5.41, 5.74) is 0.943. The lowest BCUT2D eigenvalue weighted by Crippen LogP contribution is -2.52. The molecule has 0 unspecified atom stereocenters. The first-order valence-corrected chi connectivity index (χ1v) is 11.7. The van der Waals surface area contributed by atoms with Gasteiger partial charge in [0.25, 0.3) is 5.91 Å². The summed E-state index contributed by atoms with van der Waals surface area (Å²) in [6, 6.07) is 7.77. The molecule has 4 heterocycles. The molecule has 3 aromatic rings. The van der Waals surface area contributed by atoms with Crippen LogP contribution < -0.4 is 15.5 Å². The summed E-state index contributed by atoms with van der Waals surface area (Å²) in [6.45, 7) is 4.31. The molecule has 0 aliphatic carbocycles. The van der Waals surface area contributed by atoms with Crippen LogP contribution in [0.2, 0.25) is 5.02 Å². The second-order valence-electron chi connectivity index (χ2n) is 8.76. The van der Waals surface area contributed by atoms with E-state index in [1.54, 1.807) is 12.0 Å². The zero-order chi connectivity index (χ0) is 24.5. The standard InChI is InChI=1S/C23H26ClFN8O2/c1-13-7-20(31-30-13)27-19-9-21(33-11-16(12-33)35-2)29-23(28-19)26-15-5-6-32(10-15)22(34)17-4-3-14(24)8-18(17)25/h3-4,7-9,15-16H,5-6,10-12H2,1-2H3,(H3,26,27,28,29,30,31)/t15-/m0/s1. The molecular weight excluding hydrogens is 475 g/mol. The molecule has 0 saturated carbocycles. The van der Waals surface area contributed by atoms with Crippen molar-refractivity contribution >= 4 is 40.9 Å². The number of amides is 1. The first-order valence-electron chi connectivity index (χ1n) is 11.3. The number of carbonyl (C=O) groups excluding carboxylic acids is 1. The lowest BCUT2D eigenvalue weighted by Gasteiger charge is -2.39. The molecule has 2 saturated heterocycles. The molecule has 0 spiro atoms. The Kier molecular flexibility index (Phi) is 6.44. The van der Waals surface area contributed by atoms with E-state index in [2.05, 4.69) is 35.7 Å². The maximum Gasteiger partial charge on any atom is 0.256 e. The van der Waals surface area contributed by atoms with Crippen LogP contribution in [0.3, 0.4) is 0 Å². The Bertz CT molecular complexity index is 1230. The minimum absolute atomic E-state index is 0.0135. The maximum absolute atomic E-state index is 14.2. The second kappa shape index (κ2) is 9.67. The van der Waals surface area contributed by atoms with Gasteiger partial charge in [-0.05, 0) is 31.5 Å². The number of rotatable bonds is 7.